The van der Waals surface area contributed by atoms with Gasteiger partial charge >= 0.3 is 0 Å². The van der Waals surface area contributed by atoms with Crippen LogP contribution in [0, 0.1) is 0 Å². The Morgan fingerprint density at radius 3 is 1.80 bits per heavy atom. The summed E-state index contributed by atoms with van der Waals surface area (Å²) >= 11 is 0. The topological polar surface area (TPSA) is 0 Å². The minimum Gasteiger partial charge on any atom is -0.205 e. The van der Waals surface area contributed by atoms with Gasteiger partial charge in [-0.3, -0.25) is 0 Å². The molecular weight excluding hydrogens is 249 g/mol. The number of hydrogen-bond acceptors (Lipinski definition) is 0. The fraction of sp³-hybridized carbons (Fsp3) is 0.143. The second-order valence-corrected chi connectivity index (χ2v) is 1.71. The SMILES string of the molecule is FC(F)c1ccccc1.I. The second kappa shape index (κ2) is 4.60. The van der Waals surface area contributed by atoms with E-state index >= 15 is 0 Å². The van der Waals surface area contributed by atoms with Crippen molar-refractivity contribution in [2.24, 2.45) is 0 Å². The van der Waals surface area contributed by atoms with Gasteiger partial charge in [0.1, 0.15) is 0 Å². The van der Waals surface area contributed by atoms with Gasteiger partial charge in [-0.15, -0.1) is 24.0 Å². The zero-order chi connectivity index (χ0) is 6.69. The predicted molar refractivity (Wildman–Crippen MR) is 46.8 cm³/mol. The van der Waals surface area contributed by atoms with Crippen molar-refractivity contribution in [3.63, 3.8) is 0 Å². The molecule has 0 saturated carbocycles. The molecule has 10 heavy (non-hydrogen) atoms. The zero-order valence-electron chi connectivity index (χ0n) is 5.13. The van der Waals surface area contributed by atoms with Gasteiger partial charge in [0.2, 0.25) is 0 Å². The van der Waals surface area contributed by atoms with Crippen molar-refractivity contribution < 1.29 is 8.78 Å². The molecular formula is C7H7F2I. The molecule has 56 valence electrons. The van der Waals surface area contributed by atoms with Crippen LogP contribution in [0.3, 0.4) is 0 Å². The van der Waals surface area contributed by atoms with Gasteiger partial charge in [0.25, 0.3) is 6.43 Å². The molecule has 0 saturated heterocycles. The van der Waals surface area contributed by atoms with E-state index in [9.17, 15) is 8.78 Å². The van der Waals surface area contributed by atoms with E-state index in [-0.39, 0.29) is 29.5 Å². The van der Waals surface area contributed by atoms with Gasteiger partial charge in [-0.1, -0.05) is 30.3 Å². The highest BCUT2D eigenvalue weighted by Gasteiger charge is 2.02. The summed E-state index contributed by atoms with van der Waals surface area (Å²) in [6.07, 6.45) is -2.34. The third-order valence-corrected chi connectivity index (χ3v) is 1.05. The lowest BCUT2D eigenvalue weighted by Gasteiger charge is -1.94. The molecule has 1 rings (SSSR count). The first-order valence-electron chi connectivity index (χ1n) is 2.64. The Hall–Kier alpha value is -0.190. The Balaban J connectivity index is 0.000000810. The molecule has 0 aliphatic carbocycles. The van der Waals surface area contributed by atoms with E-state index in [1.54, 1.807) is 18.2 Å². The van der Waals surface area contributed by atoms with Crippen molar-refractivity contribution in [2.75, 3.05) is 0 Å². The van der Waals surface area contributed by atoms with Crippen molar-refractivity contribution in [3.05, 3.63) is 35.9 Å². The Morgan fingerprint density at radius 1 is 1.00 bits per heavy atom. The van der Waals surface area contributed by atoms with Crippen LogP contribution in [0.4, 0.5) is 8.78 Å². The number of alkyl halides is 2. The van der Waals surface area contributed by atoms with Crippen molar-refractivity contribution in [3.8, 4) is 0 Å². The molecule has 0 amide bonds. The molecule has 0 N–H and O–H groups in total. The van der Waals surface area contributed by atoms with Gasteiger partial charge in [0, 0.05) is 5.56 Å². The molecule has 0 unspecified atom stereocenters. The fourth-order valence-corrected chi connectivity index (χ4v) is 0.599. The highest BCUT2D eigenvalue weighted by Crippen LogP contribution is 2.16. The van der Waals surface area contributed by atoms with Gasteiger partial charge in [0.05, 0.1) is 0 Å². The summed E-state index contributed by atoms with van der Waals surface area (Å²) in [6.45, 7) is 0. The van der Waals surface area contributed by atoms with Crippen LogP contribution in [0.15, 0.2) is 30.3 Å². The maximum Gasteiger partial charge on any atom is 0.263 e. The van der Waals surface area contributed by atoms with Crippen LogP contribution in [-0.4, -0.2) is 0 Å². The van der Waals surface area contributed by atoms with Crippen LogP contribution < -0.4 is 0 Å². The molecule has 0 atom stereocenters. The minimum absolute atomic E-state index is 0. The van der Waals surface area contributed by atoms with E-state index in [2.05, 4.69) is 0 Å². The van der Waals surface area contributed by atoms with Crippen molar-refractivity contribution in [2.45, 2.75) is 6.43 Å². The van der Waals surface area contributed by atoms with Crippen LogP contribution in [0.5, 0.6) is 0 Å². The predicted octanol–water partition coefficient (Wildman–Crippen LogP) is 3.24. The molecule has 0 aliphatic rings. The number of halogens is 3. The maximum atomic E-state index is 11.8. The van der Waals surface area contributed by atoms with Crippen molar-refractivity contribution in [1.82, 2.24) is 0 Å². The van der Waals surface area contributed by atoms with Gasteiger partial charge in [-0.05, 0) is 0 Å². The first-order valence-corrected chi connectivity index (χ1v) is 2.64. The monoisotopic (exact) mass is 256 g/mol. The standard InChI is InChI=1S/C7H6F2.HI/c8-7(9)6-4-2-1-3-5-6;/h1-5,7H;1H. The first-order chi connectivity index (χ1) is 4.30. The summed E-state index contributed by atoms with van der Waals surface area (Å²) in [5.74, 6) is 0. The minimum atomic E-state index is -2.34. The van der Waals surface area contributed by atoms with Gasteiger partial charge in [-0.2, -0.15) is 0 Å². The average Bonchev–Trinajstić information content (AvgIpc) is 1.90. The largest absolute Gasteiger partial charge is 0.263 e. The zero-order valence-corrected chi connectivity index (χ0v) is 7.46. The van der Waals surface area contributed by atoms with Gasteiger partial charge in [0.15, 0.2) is 0 Å². The summed E-state index contributed by atoms with van der Waals surface area (Å²) < 4.78 is 23.5. The molecule has 0 spiro atoms. The van der Waals surface area contributed by atoms with E-state index in [0.717, 1.165) is 0 Å². The highest BCUT2D eigenvalue weighted by atomic mass is 127. The molecule has 0 bridgehead atoms. The Labute approximate surface area is 75.3 Å². The maximum absolute atomic E-state index is 11.8. The molecule has 0 fully saturated rings. The Kier molecular flexibility index (Phi) is 4.51. The molecule has 1 aromatic carbocycles. The van der Waals surface area contributed by atoms with Crippen LogP contribution in [-0.2, 0) is 0 Å². The van der Waals surface area contributed by atoms with E-state index in [4.69, 9.17) is 0 Å². The van der Waals surface area contributed by atoms with E-state index in [1.165, 1.54) is 12.1 Å². The van der Waals surface area contributed by atoms with E-state index in [0.29, 0.717) is 0 Å². The first kappa shape index (κ1) is 9.81. The lowest BCUT2D eigenvalue weighted by Crippen LogP contribution is -1.79. The van der Waals surface area contributed by atoms with E-state index in [1.807, 2.05) is 0 Å². The second-order valence-electron chi connectivity index (χ2n) is 1.71. The summed E-state index contributed by atoms with van der Waals surface area (Å²) in [5.41, 5.74) is 0.0810. The van der Waals surface area contributed by atoms with Crippen LogP contribution in [0.2, 0.25) is 0 Å². The highest BCUT2D eigenvalue weighted by molar-refractivity contribution is 14.0. The smallest absolute Gasteiger partial charge is 0.205 e. The number of rotatable bonds is 1. The van der Waals surface area contributed by atoms with Crippen molar-refractivity contribution >= 4 is 24.0 Å². The molecule has 0 heterocycles. The average molecular weight is 256 g/mol. The molecule has 3 heteroatoms. The van der Waals surface area contributed by atoms with Crippen LogP contribution in [0.25, 0.3) is 0 Å². The lowest BCUT2D eigenvalue weighted by atomic mass is 10.2. The van der Waals surface area contributed by atoms with Crippen LogP contribution >= 0.6 is 24.0 Å². The molecule has 0 radical (unpaired) electrons. The quantitative estimate of drug-likeness (QED) is 0.676. The molecule has 0 nitrogen and oxygen atoms in total. The normalized spacial score (nSPS) is 9.10. The lowest BCUT2D eigenvalue weighted by molar-refractivity contribution is 0.151. The summed E-state index contributed by atoms with van der Waals surface area (Å²) in [4.78, 5) is 0. The molecule has 0 aromatic heterocycles. The summed E-state index contributed by atoms with van der Waals surface area (Å²) in [5, 5.41) is 0. The molecule has 0 aliphatic heterocycles. The van der Waals surface area contributed by atoms with Gasteiger partial charge < -0.3 is 0 Å². The third-order valence-electron chi connectivity index (χ3n) is 1.05. The third kappa shape index (κ3) is 2.60. The van der Waals surface area contributed by atoms with Crippen molar-refractivity contribution in [1.29, 1.82) is 0 Å². The number of hydrogen-bond donors (Lipinski definition) is 0. The van der Waals surface area contributed by atoms with Crippen LogP contribution in [0.1, 0.15) is 12.0 Å². The van der Waals surface area contributed by atoms with Gasteiger partial charge in [-0.25, -0.2) is 8.78 Å². The van der Waals surface area contributed by atoms with E-state index < -0.39 is 6.43 Å². The summed E-state index contributed by atoms with van der Waals surface area (Å²) in [7, 11) is 0. The Bertz CT molecular complexity index is 174. The fourth-order valence-electron chi connectivity index (χ4n) is 0.599. The Morgan fingerprint density at radius 2 is 1.50 bits per heavy atom. The summed E-state index contributed by atoms with van der Waals surface area (Å²) in [6, 6.07) is 7.73. The number of benzene rings is 1. The molecule has 1 aromatic rings.